The quantitative estimate of drug-likeness (QED) is 0.671. The Morgan fingerprint density at radius 2 is 2.16 bits per heavy atom. The molecule has 0 radical (unpaired) electrons. The Morgan fingerprint density at radius 3 is 2.63 bits per heavy atom. The highest BCUT2D eigenvalue weighted by molar-refractivity contribution is 7.89. The van der Waals surface area contributed by atoms with Crippen LogP contribution in [0.1, 0.15) is 5.69 Å². The van der Waals surface area contributed by atoms with Gasteiger partial charge in [0.05, 0.1) is 24.2 Å². The number of aryl methyl sites for hydroxylation is 1. The van der Waals surface area contributed by atoms with Gasteiger partial charge in [0.1, 0.15) is 0 Å². The highest BCUT2D eigenvalue weighted by Gasteiger charge is 2.19. The van der Waals surface area contributed by atoms with Crippen molar-refractivity contribution >= 4 is 10.0 Å². The van der Waals surface area contributed by atoms with Gasteiger partial charge in [0, 0.05) is 39.7 Å². The van der Waals surface area contributed by atoms with Crippen molar-refractivity contribution in [1.29, 1.82) is 0 Å². The second kappa shape index (κ2) is 7.01. The van der Waals surface area contributed by atoms with E-state index in [9.17, 15) is 8.42 Å². The molecule has 1 atom stereocenters. The Kier molecular flexibility index (Phi) is 5.95. The number of methoxy groups -OCH3 is 2. The summed E-state index contributed by atoms with van der Waals surface area (Å²) in [5, 5.41) is 9.05. The Balaban J connectivity index is 2.75. The summed E-state index contributed by atoms with van der Waals surface area (Å²) < 4.78 is 38.1. The molecule has 1 heterocycles. The molecule has 110 valence electrons. The number of nitrogens with one attached hydrogen (secondary N) is 1. The number of aromatic nitrogens is 1. The van der Waals surface area contributed by atoms with Crippen LogP contribution in [0.4, 0.5) is 0 Å². The lowest BCUT2D eigenvalue weighted by Gasteiger charge is -2.14. The lowest BCUT2D eigenvalue weighted by atomic mass is 10.4. The van der Waals surface area contributed by atoms with Crippen LogP contribution in [0.15, 0.2) is 17.2 Å². The topological polar surface area (TPSA) is 89.8 Å². The van der Waals surface area contributed by atoms with E-state index in [-0.39, 0.29) is 24.2 Å². The van der Waals surface area contributed by atoms with E-state index in [1.165, 1.54) is 26.5 Å². The van der Waals surface area contributed by atoms with Crippen LogP contribution in [0, 0.1) is 0 Å². The molecule has 0 bridgehead atoms. The number of hydrogen-bond acceptors (Lipinski definition) is 5. The molecule has 1 rings (SSSR count). The molecule has 0 aliphatic carbocycles. The third-order valence-corrected chi connectivity index (χ3v) is 4.13. The first-order valence-electron chi connectivity index (χ1n) is 5.72. The zero-order chi connectivity index (χ0) is 14.5. The van der Waals surface area contributed by atoms with Crippen LogP contribution in [0.25, 0.3) is 0 Å². The van der Waals surface area contributed by atoms with Crippen molar-refractivity contribution in [2.24, 2.45) is 7.05 Å². The first kappa shape index (κ1) is 16.1. The summed E-state index contributed by atoms with van der Waals surface area (Å²) in [6.45, 7) is 0.210. The van der Waals surface area contributed by atoms with Crippen molar-refractivity contribution < 1.29 is 23.0 Å². The standard InChI is InChI=1S/C11H20N2O5S/c1-13-6-11(4-9(13)7-14)19(15,16)12-5-10(18-3)8-17-2/h4,6,10,12,14H,5,7-8H2,1-3H3. The fourth-order valence-electron chi connectivity index (χ4n) is 1.56. The van der Waals surface area contributed by atoms with Gasteiger partial charge in [-0.2, -0.15) is 0 Å². The van der Waals surface area contributed by atoms with Crippen LogP contribution in [-0.2, 0) is 33.2 Å². The van der Waals surface area contributed by atoms with Gasteiger partial charge in [0.25, 0.3) is 0 Å². The number of rotatable bonds is 8. The predicted molar refractivity (Wildman–Crippen MR) is 69.2 cm³/mol. The smallest absolute Gasteiger partial charge is 0.242 e. The molecular weight excluding hydrogens is 272 g/mol. The van der Waals surface area contributed by atoms with E-state index in [2.05, 4.69) is 4.72 Å². The molecule has 1 aromatic rings. The highest BCUT2D eigenvalue weighted by atomic mass is 32.2. The van der Waals surface area contributed by atoms with Crippen molar-refractivity contribution in [3.8, 4) is 0 Å². The minimum Gasteiger partial charge on any atom is -0.390 e. The Labute approximate surface area is 113 Å². The van der Waals surface area contributed by atoms with E-state index < -0.39 is 10.0 Å². The molecule has 0 saturated carbocycles. The van der Waals surface area contributed by atoms with Crippen molar-refractivity contribution in [3.05, 3.63) is 18.0 Å². The van der Waals surface area contributed by atoms with Crippen LogP contribution >= 0.6 is 0 Å². The number of aliphatic hydroxyl groups excluding tert-OH is 1. The van der Waals surface area contributed by atoms with Gasteiger partial charge in [-0.3, -0.25) is 0 Å². The van der Waals surface area contributed by atoms with E-state index in [0.717, 1.165) is 0 Å². The molecule has 0 saturated heterocycles. The molecule has 0 aromatic carbocycles. The predicted octanol–water partition coefficient (Wildman–Crippen LogP) is -0.543. The van der Waals surface area contributed by atoms with Crippen LogP contribution in [-0.4, -0.2) is 51.6 Å². The zero-order valence-corrected chi connectivity index (χ0v) is 12.1. The molecule has 0 fully saturated rings. The fourth-order valence-corrected chi connectivity index (χ4v) is 2.72. The van der Waals surface area contributed by atoms with Gasteiger partial charge < -0.3 is 19.1 Å². The number of hydrogen-bond donors (Lipinski definition) is 2. The molecule has 0 aliphatic rings. The number of aliphatic hydroxyl groups is 1. The minimum atomic E-state index is -3.61. The van der Waals surface area contributed by atoms with Crippen LogP contribution in [0.5, 0.6) is 0 Å². The van der Waals surface area contributed by atoms with Crippen LogP contribution < -0.4 is 4.72 Å². The molecular formula is C11H20N2O5S. The van der Waals surface area contributed by atoms with Crippen LogP contribution in [0.3, 0.4) is 0 Å². The summed E-state index contributed by atoms with van der Waals surface area (Å²) in [5.41, 5.74) is 0.528. The zero-order valence-electron chi connectivity index (χ0n) is 11.3. The summed E-state index contributed by atoms with van der Waals surface area (Å²) in [6, 6.07) is 1.43. The highest BCUT2D eigenvalue weighted by Crippen LogP contribution is 2.13. The lowest BCUT2D eigenvalue weighted by molar-refractivity contribution is 0.0320. The van der Waals surface area contributed by atoms with Gasteiger partial charge in [-0.15, -0.1) is 0 Å². The maximum atomic E-state index is 12.0. The molecule has 0 spiro atoms. The maximum Gasteiger partial charge on any atom is 0.242 e. The van der Waals surface area contributed by atoms with Gasteiger partial charge in [-0.25, -0.2) is 13.1 Å². The monoisotopic (exact) mass is 292 g/mol. The number of ether oxygens (including phenoxy) is 2. The second-order valence-corrected chi connectivity index (χ2v) is 5.87. The summed E-state index contributed by atoms with van der Waals surface area (Å²) in [4.78, 5) is 0.117. The maximum absolute atomic E-state index is 12.0. The normalized spacial score (nSPS) is 13.7. The summed E-state index contributed by atoms with van der Waals surface area (Å²) in [6.07, 6.45) is 1.10. The van der Waals surface area contributed by atoms with Crippen molar-refractivity contribution in [2.75, 3.05) is 27.4 Å². The molecule has 0 aliphatic heterocycles. The van der Waals surface area contributed by atoms with Crippen molar-refractivity contribution in [3.63, 3.8) is 0 Å². The van der Waals surface area contributed by atoms with Crippen molar-refractivity contribution in [1.82, 2.24) is 9.29 Å². The lowest BCUT2D eigenvalue weighted by Crippen LogP contribution is -2.35. The molecule has 7 nitrogen and oxygen atoms in total. The largest absolute Gasteiger partial charge is 0.390 e. The summed E-state index contributed by atoms with van der Waals surface area (Å²) in [5.74, 6) is 0. The first-order chi connectivity index (χ1) is 8.94. The number of sulfonamides is 1. The SMILES string of the molecule is COCC(CNS(=O)(=O)c1cc(CO)n(C)c1)OC. The first-order valence-corrected chi connectivity index (χ1v) is 7.20. The van der Waals surface area contributed by atoms with E-state index in [4.69, 9.17) is 14.6 Å². The van der Waals surface area contributed by atoms with Gasteiger partial charge in [0.15, 0.2) is 0 Å². The van der Waals surface area contributed by atoms with Gasteiger partial charge in [0.2, 0.25) is 10.0 Å². The van der Waals surface area contributed by atoms with Gasteiger partial charge >= 0.3 is 0 Å². The molecule has 2 N–H and O–H groups in total. The average Bonchev–Trinajstić information content (AvgIpc) is 2.76. The van der Waals surface area contributed by atoms with Crippen molar-refractivity contribution in [2.45, 2.75) is 17.6 Å². The van der Waals surface area contributed by atoms with Gasteiger partial charge in [-0.05, 0) is 6.07 Å². The Bertz CT molecular complexity index is 497. The summed E-state index contributed by atoms with van der Waals surface area (Å²) >= 11 is 0. The van der Waals surface area contributed by atoms with Gasteiger partial charge in [-0.1, -0.05) is 0 Å². The third-order valence-electron chi connectivity index (χ3n) is 2.74. The van der Waals surface area contributed by atoms with E-state index in [1.807, 2.05) is 0 Å². The average molecular weight is 292 g/mol. The molecule has 8 heteroatoms. The fraction of sp³-hybridized carbons (Fsp3) is 0.636. The molecule has 1 unspecified atom stereocenters. The van der Waals surface area contributed by atoms with E-state index >= 15 is 0 Å². The van der Waals surface area contributed by atoms with E-state index in [1.54, 1.807) is 11.6 Å². The van der Waals surface area contributed by atoms with E-state index in [0.29, 0.717) is 12.3 Å². The molecule has 19 heavy (non-hydrogen) atoms. The van der Waals surface area contributed by atoms with Crippen LogP contribution in [0.2, 0.25) is 0 Å². The minimum absolute atomic E-state index is 0.117. The summed E-state index contributed by atoms with van der Waals surface area (Å²) in [7, 11) is 1.07. The molecule has 1 aromatic heterocycles. The Hall–Kier alpha value is -0.930. The molecule has 0 amide bonds. The third kappa shape index (κ3) is 4.29. The second-order valence-electron chi connectivity index (χ2n) is 4.10. The number of nitrogens with zero attached hydrogens (tertiary/aromatic N) is 1. The Morgan fingerprint density at radius 1 is 1.47 bits per heavy atom.